The zero-order valence-electron chi connectivity index (χ0n) is 9.22. The molecule has 0 heterocycles. The highest BCUT2D eigenvalue weighted by Crippen LogP contribution is 2.21. The molecule has 0 saturated heterocycles. The largest absolute Gasteiger partial charge is 0.346 e. The Morgan fingerprint density at radius 2 is 1.88 bits per heavy atom. The van der Waals surface area contributed by atoms with Crippen LogP contribution in [0.2, 0.25) is 0 Å². The summed E-state index contributed by atoms with van der Waals surface area (Å²) >= 11 is 0. The van der Waals surface area contributed by atoms with Crippen LogP contribution in [0.15, 0.2) is 30.3 Å². The van der Waals surface area contributed by atoms with E-state index in [1.807, 2.05) is 30.3 Å². The summed E-state index contributed by atoms with van der Waals surface area (Å²) in [5.41, 5.74) is 0.947. The van der Waals surface area contributed by atoms with Gasteiger partial charge in [0.25, 0.3) is 0 Å². The second-order valence-corrected chi connectivity index (χ2v) is 4.12. The summed E-state index contributed by atoms with van der Waals surface area (Å²) in [4.78, 5) is 21.3. The van der Waals surface area contributed by atoms with Gasteiger partial charge in [-0.15, -0.1) is 0 Å². The van der Waals surface area contributed by atoms with Crippen LogP contribution >= 0.6 is 0 Å². The molecule has 1 saturated carbocycles. The number of carbonyl (C=O) groups excluding carboxylic acids is 1. The van der Waals surface area contributed by atoms with Crippen molar-refractivity contribution < 1.29 is 14.6 Å². The van der Waals surface area contributed by atoms with Gasteiger partial charge < -0.3 is 0 Å². The molecule has 0 bridgehead atoms. The Labute approximate surface area is 95.3 Å². The van der Waals surface area contributed by atoms with Crippen molar-refractivity contribution in [3.05, 3.63) is 35.9 Å². The predicted octanol–water partition coefficient (Wildman–Crippen LogP) is 2.65. The molecular weight excluding hydrogens is 204 g/mol. The monoisotopic (exact) mass is 220 g/mol. The second kappa shape index (κ2) is 5.66. The van der Waals surface area contributed by atoms with Crippen molar-refractivity contribution in [3.8, 4) is 0 Å². The topological polar surface area (TPSA) is 35.5 Å². The van der Waals surface area contributed by atoms with E-state index >= 15 is 0 Å². The number of rotatable bonds is 4. The van der Waals surface area contributed by atoms with E-state index in [1.54, 1.807) is 0 Å². The summed E-state index contributed by atoms with van der Waals surface area (Å²) in [5, 5.41) is 0. The van der Waals surface area contributed by atoms with Crippen LogP contribution in [0.3, 0.4) is 0 Å². The molecule has 0 amide bonds. The minimum atomic E-state index is -0.321. The lowest BCUT2D eigenvalue weighted by atomic mass is 10.2. The van der Waals surface area contributed by atoms with Crippen LogP contribution in [0.25, 0.3) is 0 Å². The van der Waals surface area contributed by atoms with Gasteiger partial charge in [0.1, 0.15) is 6.10 Å². The third-order valence-electron chi connectivity index (χ3n) is 2.77. The smallest absolute Gasteiger partial charge is 0.298 e. The molecule has 0 atom stereocenters. The van der Waals surface area contributed by atoms with E-state index in [-0.39, 0.29) is 18.5 Å². The van der Waals surface area contributed by atoms with Crippen LogP contribution in [-0.2, 0) is 21.0 Å². The summed E-state index contributed by atoms with van der Waals surface area (Å²) < 4.78 is 0. The average molecular weight is 220 g/mol. The van der Waals surface area contributed by atoms with Crippen molar-refractivity contribution in [3.63, 3.8) is 0 Å². The van der Waals surface area contributed by atoms with Crippen LogP contribution in [0.4, 0.5) is 0 Å². The first kappa shape index (κ1) is 11.1. The van der Waals surface area contributed by atoms with Gasteiger partial charge in [-0.05, 0) is 18.4 Å². The van der Waals surface area contributed by atoms with Crippen molar-refractivity contribution in [2.75, 3.05) is 0 Å². The van der Waals surface area contributed by atoms with Crippen LogP contribution in [-0.4, -0.2) is 12.1 Å². The van der Waals surface area contributed by atoms with Gasteiger partial charge in [0.2, 0.25) is 0 Å². The molecule has 86 valence electrons. The molecule has 0 aromatic heterocycles. The molecule has 0 unspecified atom stereocenters. The van der Waals surface area contributed by atoms with E-state index in [0.29, 0.717) is 0 Å². The minimum Gasteiger partial charge on any atom is -0.298 e. The first-order chi connectivity index (χ1) is 7.84. The predicted molar refractivity (Wildman–Crippen MR) is 59.6 cm³/mol. The van der Waals surface area contributed by atoms with Crippen molar-refractivity contribution >= 4 is 5.97 Å². The molecule has 1 aromatic rings. The van der Waals surface area contributed by atoms with Gasteiger partial charge in [0.05, 0.1) is 6.42 Å². The third kappa shape index (κ3) is 3.35. The maximum absolute atomic E-state index is 11.4. The quantitative estimate of drug-likeness (QED) is 0.578. The zero-order chi connectivity index (χ0) is 11.2. The molecule has 1 aliphatic rings. The van der Waals surface area contributed by atoms with Gasteiger partial charge in [-0.1, -0.05) is 43.2 Å². The molecule has 0 N–H and O–H groups in total. The average Bonchev–Trinajstić information content (AvgIpc) is 2.81. The van der Waals surface area contributed by atoms with Crippen molar-refractivity contribution in [2.24, 2.45) is 0 Å². The highest BCUT2D eigenvalue weighted by Gasteiger charge is 2.18. The molecule has 1 fully saturated rings. The van der Waals surface area contributed by atoms with Gasteiger partial charge in [0, 0.05) is 0 Å². The Hall–Kier alpha value is -1.35. The molecular formula is C13H16O3. The van der Waals surface area contributed by atoms with Crippen molar-refractivity contribution in [2.45, 2.75) is 38.2 Å². The molecule has 2 rings (SSSR count). The number of hydrogen-bond acceptors (Lipinski definition) is 3. The summed E-state index contributed by atoms with van der Waals surface area (Å²) in [5.74, 6) is -0.321. The number of benzene rings is 1. The van der Waals surface area contributed by atoms with Crippen molar-refractivity contribution in [1.29, 1.82) is 0 Å². The zero-order valence-corrected chi connectivity index (χ0v) is 9.22. The van der Waals surface area contributed by atoms with Crippen LogP contribution in [0.1, 0.15) is 31.2 Å². The number of carbonyl (C=O) groups is 1. The Kier molecular flexibility index (Phi) is 3.94. The second-order valence-electron chi connectivity index (χ2n) is 4.12. The fraction of sp³-hybridized carbons (Fsp3) is 0.462. The van der Waals surface area contributed by atoms with Gasteiger partial charge in [-0.3, -0.25) is 4.89 Å². The van der Waals surface area contributed by atoms with E-state index in [9.17, 15) is 4.79 Å². The lowest BCUT2D eigenvalue weighted by Crippen LogP contribution is -2.14. The standard InChI is InChI=1S/C13H16O3/c14-13(10-11-6-2-1-3-7-11)16-15-12-8-4-5-9-12/h1-3,6-7,12H,4-5,8-10H2. The Morgan fingerprint density at radius 1 is 1.19 bits per heavy atom. The van der Waals surface area contributed by atoms with Gasteiger partial charge >= 0.3 is 5.97 Å². The highest BCUT2D eigenvalue weighted by molar-refractivity contribution is 5.71. The molecule has 16 heavy (non-hydrogen) atoms. The van der Waals surface area contributed by atoms with Gasteiger partial charge in [0.15, 0.2) is 0 Å². The van der Waals surface area contributed by atoms with Gasteiger partial charge in [-0.2, -0.15) is 4.89 Å². The van der Waals surface area contributed by atoms with Gasteiger partial charge in [-0.25, -0.2) is 4.79 Å². The van der Waals surface area contributed by atoms with Crippen LogP contribution < -0.4 is 0 Å². The first-order valence-corrected chi connectivity index (χ1v) is 5.74. The number of hydrogen-bond donors (Lipinski definition) is 0. The molecule has 3 heteroatoms. The lowest BCUT2D eigenvalue weighted by molar-refractivity contribution is -0.296. The van der Waals surface area contributed by atoms with Crippen LogP contribution in [0.5, 0.6) is 0 Å². The molecule has 0 radical (unpaired) electrons. The minimum absolute atomic E-state index is 0.111. The normalized spacial score (nSPS) is 16.2. The maximum Gasteiger partial charge on any atom is 0.346 e. The molecule has 3 nitrogen and oxygen atoms in total. The van der Waals surface area contributed by atoms with Crippen molar-refractivity contribution in [1.82, 2.24) is 0 Å². The summed E-state index contributed by atoms with van der Waals surface area (Å²) in [6, 6.07) is 9.53. The van der Waals surface area contributed by atoms with E-state index in [1.165, 1.54) is 12.8 Å². The Balaban J connectivity index is 1.72. The Morgan fingerprint density at radius 3 is 2.56 bits per heavy atom. The summed E-state index contributed by atoms with van der Waals surface area (Å²) in [6.07, 6.45) is 4.71. The third-order valence-corrected chi connectivity index (χ3v) is 2.77. The van der Waals surface area contributed by atoms with Crippen LogP contribution in [0, 0.1) is 0 Å². The molecule has 1 aromatic carbocycles. The van der Waals surface area contributed by atoms with E-state index < -0.39 is 0 Å². The fourth-order valence-corrected chi connectivity index (χ4v) is 1.90. The molecule has 0 spiro atoms. The summed E-state index contributed by atoms with van der Waals surface area (Å²) in [6.45, 7) is 0. The molecule has 1 aliphatic carbocycles. The summed E-state index contributed by atoms with van der Waals surface area (Å²) in [7, 11) is 0. The van der Waals surface area contributed by atoms with E-state index in [4.69, 9.17) is 9.78 Å². The molecule has 0 aliphatic heterocycles. The van der Waals surface area contributed by atoms with E-state index in [2.05, 4.69) is 0 Å². The first-order valence-electron chi connectivity index (χ1n) is 5.74. The SMILES string of the molecule is O=C(Cc1ccccc1)OOC1CCCC1. The van der Waals surface area contributed by atoms with E-state index in [0.717, 1.165) is 18.4 Å². The fourth-order valence-electron chi connectivity index (χ4n) is 1.90. The Bertz CT molecular complexity index is 328. The maximum atomic E-state index is 11.4. The lowest BCUT2D eigenvalue weighted by Gasteiger charge is -2.08. The highest BCUT2D eigenvalue weighted by atomic mass is 17.2.